The lowest BCUT2D eigenvalue weighted by molar-refractivity contribution is -0.140. The molecule has 5 rings (SSSR count). The number of aromatic nitrogens is 1. The zero-order valence-electron chi connectivity index (χ0n) is 21.0. The van der Waals surface area contributed by atoms with Crippen molar-refractivity contribution < 1.29 is 23.5 Å². The second-order valence-corrected chi connectivity index (χ2v) is 9.71. The minimum Gasteiger partial charge on any atom is -0.465 e. The number of hydrogen-bond acceptors (Lipinski definition) is 8. The molecule has 38 heavy (non-hydrogen) atoms. The maximum Gasteiger partial charge on any atom is 0.338 e. The fourth-order valence-corrected chi connectivity index (χ4v) is 5.31. The Morgan fingerprint density at radius 2 is 1.76 bits per heavy atom. The summed E-state index contributed by atoms with van der Waals surface area (Å²) in [6.07, 6.45) is 1.67. The van der Waals surface area contributed by atoms with Crippen molar-refractivity contribution in [3.8, 4) is 0 Å². The number of methoxy groups -OCH3 is 1. The van der Waals surface area contributed by atoms with Crippen LogP contribution >= 0.6 is 11.3 Å². The molecule has 0 aliphatic carbocycles. The number of aryl methyl sites for hydroxylation is 1. The fraction of sp³-hybridized carbons (Fsp3) is 0.172. The van der Waals surface area contributed by atoms with Gasteiger partial charge in [0.15, 0.2) is 4.80 Å². The van der Waals surface area contributed by atoms with E-state index in [1.54, 1.807) is 43.3 Å². The number of furan rings is 1. The third-order valence-electron chi connectivity index (χ3n) is 6.14. The van der Waals surface area contributed by atoms with E-state index < -0.39 is 18.0 Å². The van der Waals surface area contributed by atoms with E-state index in [1.165, 1.54) is 23.0 Å². The molecule has 8 nitrogen and oxygen atoms in total. The van der Waals surface area contributed by atoms with Crippen molar-refractivity contribution >= 4 is 29.4 Å². The summed E-state index contributed by atoms with van der Waals surface area (Å²) in [6.45, 7) is 3.63. The molecular formula is C29H24N2O6S. The third-order valence-corrected chi connectivity index (χ3v) is 7.12. The van der Waals surface area contributed by atoms with E-state index in [2.05, 4.69) is 4.99 Å². The van der Waals surface area contributed by atoms with Gasteiger partial charge in [-0.25, -0.2) is 14.6 Å². The number of allylic oxidation sites excluding steroid dienone is 1. The molecule has 0 spiro atoms. The summed E-state index contributed by atoms with van der Waals surface area (Å²) in [5, 5.41) is 0. The summed E-state index contributed by atoms with van der Waals surface area (Å²) >= 11 is 1.21. The van der Waals surface area contributed by atoms with Crippen LogP contribution in [0.15, 0.2) is 92.2 Å². The van der Waals surface area contributed by atoms with E-state index in [9.17, 15) is 14.4 Å². The average molecular weight is 529 g/mol. The highest BCUT2D eigenvalue weighted by Gasteiger charge is 2.33. The monoisotopic (exact) mass is 528 g/mol. The van der Waals surface area contributed by atoms with Gasteiger partial charge in [-0.2, -0.15) is 0 Å². The van der Waals surface area contributed by atoms with Gasteiger partial charge < -0.3 is 13.9 Å². The smallest absolute Gasteiger partial charge is 0.338 e. The van der Waals surface area contributed by atoms with Gasteiger partial charge in [-0.05, 0) is 49.2 Å². The molecule has 3 heterocycles. The summed E-state index contributed by atoms with van der Waals surface area (Å²) in [7, 11) is 1.31. The summed E-state index contributed by atoms with van der Waals surface area (Å²) in [5.41, 5.74) is 2.20. The van der Waals surface area contributed by atoms with Crippen molar-refractivity contribution in [2.45, 2.75) is 26.5 Å². The zero-order chi connectivity index (χ0) is 26.8. The Morgan fingerprint density at radius 3 is 2.42 bits per heavy atom. The quantitative estimate of drug-likeness (QED) is 0.354. The summed E-state index contributed by atoms with van der Waals surface area (Å²) in [5.74, 6) is 0.216. The van der Waals surface area contributed by atoms with Gasteiger partial charge in [0.1, 0.15) is 18.1 Å². The lowest BCUT2D eigenvalue weighted by Gasteiger charge is -2.25. The number of hydrogen-bond donors (Lipinski definition) is 0. The molecule has 0 N–H and O–H groups in total. The van der Waals surface area contributed by atoms with Crippen LogP contribution in [0.3, 0.4) is 0 Å². The lowest BCUT2D eigenvalue weighted by Crippen LogP contribution is -2.39. The minimum absolute atomic E-state index is 0.0761. The molecule has 4 aromatic rings. The zero-order valence-corrected chi connectivity index (χ0v) is 21.8. The summed E-state index contributed by atoms with van der Waals surface area (Å²) < 4.78 is 18.0. The third kappa shape index (κ3) is 4.88. The van der Waals surface area contributed by atoms with Crippen molar-refractivity contribution in [2.24, 2.45) is 4.99 Å². The Hall–Kier alpha value is -4.50. The normalized spacial score (nSPS) is 15.1. The molecule has 0 saturated carbocycles. The second kappa shape index (κ2) is 10.5. The highest BCUT2D eigenvalue weighted by molar-refractivity contribution is 7.07. The van der Waals surface area contributed by atoms with Crippen LogP contribution in [0.4, 0.5) is 0 Å². The van der Waals surface area contributed by atoms with E-state index in [4.69, 9.17) is 13.9 Å². The molecule has 9 heteroatoms. The summed E-state index contributed by atoms with van der Waals surface area (Å²) in [4.78, 5) is 44.2. The first-order valence-corrected chi connectivity index (χ1v) is 12.7. The van der Waals surface area contributed by atoms with Gasteiger partial charge in [0.25, 0.3) is 5.56 Å². The molecule has 0 saturated heterocycles. The van der Waals surface area contributed by atoms with Gasteiger partial charge in [-0.15, -0.1) is 0 Å². The topological polar surface area (TPSA) is 100 Å². The number of benzene rings is 2. The Kier molecular flexibility index (Phi) is 6.93. The largest absolute Gasteiger partial charge is 0.465 e. The molecule has 1 aliphatic rings. The molecular weight excluding hydrogens is 504 g/mol. The van der Waals surface area contributed by atoms with Crippen molar-refractivity contribution in [3.05, 3.63) is 126 Å². The Balaban J connectivity index is 1.61. The van der Waals surface area contributed by atoms with E-state index in [-0.39, 0.29) is 17.7 Å². The van der Waals surface area contributed by atoms with E-state index >= 15 is 0 Å². The SMILES string of the molecule is COC(=O)c1ccc([C@H]2C(C(=O)OCc3ccccc3)=C(C)N=c3s/c(=C/c4ccc(C)o4)c(=O)n32)cc1. The predicted octanol–water partition coefficient (Wildman–Crippen LogP) is 3.67. The highest BCUT2D eigenvalue weighted by atomic mass is 32.1. The van der Waals surface area contributed by atoms with Crippen LogP contribution in [0.25, 0.3) is 6.08 Å². The van der Waals surface area contributed by atoms with Crippen molar-refractivity contribution in [3.63, 3.8) is 0 Å². The van der Waals surface area contributed by atoms with Crippen LogP contribution < -0.4 is 14.9 Å². The van der Waals surface area contributed by atoms with Crippen LogP contribution in [0.5, 0.6) is 0 Å². The first-order chi connectivity index (χ1) is 18.4. The first kappa shape index (κ1) is 25.2. The molecule has 0 bridgehead atoms. The molecule has 0 radical (unpaired) electrons. The number of ether oxygens (including phenoxy) is 2. The number of rotatable bonds is 6. The molecule has 0 fully saturated rings. The lowest BCUT2D eigenvalue weighted by atomic mass is 9.95. The van der Waals surface area contributed by atoms with Crippen LogP contribution in [0.1, 0.15) is 46.0 Å². The fourth-order valence-electron chi connectivity index (χ4n) is 4.28. The van der Waals surface area contributed by atoms with Crippen LogP contribution in [-0.2, 0) is 20.9 Å². The van der Waals surface area contributed by atoms with E-state index in [0.717, 1.165) is 11.3 Å². The molecule has 2 aromatic carbocycles. The highest BCUT2D eigenvalue weighted by Crippen LogP contribution is 2.31. The van der Waals surface area contributed by atoms with E-state index in [1.807, 2.05) is 43.3 Å². The van der Waals surface area contributed by atoms with Crippen LogP contribution in [-0.4, -0.2) is 23.6 Å². The number of thiazole rings is 1. The molecule has 2 aromatic heterocycles. The number of fused-ring (bicyclic) bond motifs is 1. The Bertz CT molecular complexity index is 1730. The number of carbonyl (C=O) groups excluding carboxylic acids is 2. The van der Waals surface area contributed by atoms with Crippen molar-refractivity contribution in [2.75, 3.05) is 7.11 Å². The maximum atomic E-state index is 13.7. The summed E-state index contributed by atoms with van der Waals surface area (Å²) in [6, 6.07) is 18.8. The molecule has 1 aliphatic heterocycles. The van der Waals surface area contributed by atoms with Gasteiger partial charge >= 0.3 is 11.9 Å². The Morgan fingerprint density at radius 1 is 1.03 bits per heavy atom. The first-order valence-electron chi connectivity index (χ1n) is 11.8. The van der Waals surface area contributed by atoms with Gasteiger partial charge in [0, 0.05) is 6.08 Å². The molecule has 1 atom stereocenters. The van der Waals surface area contributed by atoms with Gasteiger partial charge in [0.2, 0.25) is 0 Å². The van der Waals surface area contributed by atoms with Crippen molar-refractivity contribution in [1.82, 2.24) is 4.57 Å². The molecule has 0 unspecified atom stereocenters. The van der Waals surface area contributed by atoms with Gasteiger partial charge in [-0.1, -0.05) is 53.8 Å². The van der Waals surface area contributed by atoms with Crippen molar-refractivity contribution in [1.29, 1.82) is 0 Å². The Labute approximate surface area is 221 Å². The minimum atomic E-state index is -0.804. The average Bonchev–Trinajstić information content (AvgIpc) is 3.48. The predicted molar refractivity (Wildman–Crippen MR) is 141 cm³/mol. The molecule has 0 amide bonds. The number of esters is 2. The molecule has 192 valence electrons. The number of carbonyl (C=O) groups is 2. The van der Waals surface area contributed by atoms with Crippen LogP contribution in [0, 0.1) is 6.92 Å². The van der Waals surface area contributed by atoms with Gasteiger partial charge in [0.05, 0.1) is 34.5 Å². The second-order valence-electron chi connectivity index (χ2n) is 8.71. The van der Waals surface area contributed by atoms with Gasteiger partial charge in [-0.3, -0.25) is 9.36 Å². The van der Waals surface area contributed by atoms with Crippen LogP contribution in [0.2, 0.25) is 0 Å². The standard InChI is InChI=1S/C29H24N2O6S/c1-17-9-14-22(37-17)15-23-26(32)31-25(20-10-12-21(13-11-20)27(33)35-3)24(18(2)30-29(31)38-23)28(34)36-16-19-7-5-4-6-8-19/h4-15,25H,16H2,1-3H3/b23-15+/t25-/m0/s1. The number of nitrogens with zero attached hydrogens (tertiary/aromatic N) is 2. The maximum absolute atomic E-state index is 13.7. The van der Waals surface area contributed by atoms with E-state index in [0.29, 0.717) is 31.9 Å².